The van der Waals surface area contributed by atoms with E-state index in [1.165, 1.54) is 18.2 Å². The zero-order valence-corrected chi connectivity index (χ0v) is 14.2. The molecule has 3 rings (SSSR count). The van der Waals surface area contributed by atoms with Crippen LogP contribution in [0.1, 0.15) is 15.9 Å². The highest BCUT2D eigenvalue weighted by Crippen LogP contribution is 2.29. The van der Waals surface area contributed by atoms with Crippen LogP contribution in [0.2, 0.25) is 0 Å². The van der Waals surface area contributed by atoms with Crippen molar-refractivity contribution in [2.75, 3.05) is 0 Å². The summed E-state index contributed by atoms with van der Waals surface area (Å²) in [4.78, 5) is 34.6. The number of hydrogen-bond donors (Lipinski definition) is 0. The summed E-state index contributed by atoms with van der Waals surface area (Å²) in [6.07, 6.45) is 0. The van der Waals surface area contributed by atoms with Crippen molar-refractivity contribution < 1.29 is 18.9 Å². The summed E-state index contributed by atoms with van der Waals surface area (Å²) < 4.78 is 10.5. The number of halogens is 1. The van der Waals surface area contributed by atoms with Crippen LogP contribution in [-0.4, -0.2) is 10.9 Å². The molecule has 3 aromatic rings. The monoisotopic (exact) mass is 403 g/mol. The lowest BCUT2D eigenvalue weighted by molar-refractivity contribution is -0.383. The van der Waals surface area contributed by atoms with Crippen molar-refractivity contribution in [2.24, 2.45) is 0 Å². The molecule has 7 nitrogen and oxygen atoms in total. The lowest BCUT2D eigenvalue weighted by Gasteiger charge is -2.05. The Kier molecular flexibility index (Phi) is 4.62. The molecule has 0 unspecified atom stereocenters. The lowest BCUT2D eigenvalue weighted by atomic mass is 10.1. The number of nitro benzene ring substituents is 1. The Balaban J connectivity index is 1.96. The van der Waals surface area contributed by atoms with E-state index in [-0.39, 0.29) is 28.8 Å². The molecule has 126 valence electrons. The predicted octanol–water partition coefficient (Wildman–Crippen LogP) is 3.82. The molecule has 2 aromatic carbocycles. The third-order valence-electron chi connectivity index (χ3n) is 3.41. The summed E-state index contributed by atoms with van der Waals surface area (Å²) in [5, 5.41) is 11.3. The van der Waals surface area contributed by atoms with Gasteiger partial charge in [0.05, 0.1) is 4.92 Å². The highest BCUT2D eigenvalue weighted by molar-refractivity contribution is 9.10. The number of esters is 1. The zero-order chi connectivity index (χ0) is 18.0. The van der Waals surface area contributed by atoms with Gasteiger partial charge in [0.25, 0.3) is 0 Å². The molecule has 0 amide bonds. The van der Waals surface area contributed by atoms with Crippen LogP contribution in [0.5, 0.6) is 0 Å². The number of non-ortho nitro benzene ring substituents is 1. The normalized spacial score (nSPS) is 10.6. The summed E-state index contributed by atoms with van der Waals surface area (Å²) in [7, 11) is 0. The van der Waals surface area contributed by atoms with Gasteiger partial charge in [-0.2, -0.15) is 0 Å². The molecule has 0 radical (unpaired) electrons. The van der Waals surface area contributed by atoms with Gasteiger partial charge < -0.3 is 9.15 Å². The number of carbonyl (C=O) groups is 1. The van der Waals surface area contributed by atoms with Crippen LogP contribution >= 0.6 is 15.9 Å². The van der Waals surface area contributed by atoms with Crippen LogP contribution in [0.4, 0.5) is 5.69 Å². The fraction of sp³-hybridized carbons (Fsp3) is 0.0588. The minimum Gasteiger partial charge on any atom is -0.457 e. The largest absolute Gasteiger partial charge is 0.457 e. The van der Waals surface area contributed by atoms with E-state index in [2.05, 4.69) is 15.9 Å². The van der Waals surface area contributed by atoms with Crippen molar-refractivity contribution >= 4 is 38.6 Å². The average molecular weight is 404 g/mol. The Morgan fingerprint density at radius 3 is 2.60 bits per heavy atom. The highest BCUT2D eigenvalue weighted by Gasteiger charge is 2.21. The van der Waals surface area contributed by atoms with Gasteiger partial charge in [-0.1, -0.05) is 46.3 Å². The van der Waals surface area contributed by atoms with E-state index < -0.39 is 16.5 Å². The quantitative estimate of drug-likeness (QED) is 0.284. The van der Waals surface area contributed by atoms with Crippen molar-refractivity contribution in [3.05, 3.63) is 84.7 Å². The molecule has 0 atom stereocenters. The number of rotatable bonds is 4. The molecule has 0 bridgehead atoms. The van der Waals surface area contributed by atoms with E-state index in [9.17, 15) is 19.7 Å². The minimum absolute atomic E-state index is 0.00418. The Hall–Kier alpha value is -3.00. The number of carbonyl (C=O) groups excluding carboxylic acids is 1. The van der Waals surface area contributed by atoms with E-state index in [0.29, 0.717) is 4.47 Å². The zero-order valence-electron chi connectivity index (χ0n) is 12.6. The van der Waals surface area contributed by atoms with Gasteiger partial charge in [0.2, 0.25) is 5.58 Å². The second kappa shape index (κ2) is 6.86. The van der Waals surface area contributed by atoms with E-state index in [1.807, 2.05) is 6.07 Å². The van der Waals surface area contributed by atoms with E-state index >= 15 is 0 Å². The van der Waals surface area contributed by atoms with Crippen molar-refractivity contribution in [1.82, 2.24) is 0 Å². The molecular weight excluding hydrogens is 394 g/mol. The van der Waals surface area contributed by atoms with Crippen molar-refractivity contribution in [1.29, 1.82) is 0 Å². The van der Waals surface area contributed by atoms with Gasteiger partial charge in [-0.05, 0) is 17.7 Å². The fourth-order valence-corrected chi connectivity index (χ4v) is 2.72. The summed E-state index contributed by atoms with van der Waals surface area (Å²) in [6, 6.07) is 12.9. The predicted molar refractivity (Wildman–Crippen MR) is 92.4 cm³/mol. The molecule has 0 fully saturated rings. The van der Waals surface area contributed by atoms with E-state index in [4.69, 9.17) is 9.15 Å². The maximum absolute atomic E-state index is 12.2. The van der Waals surface area contributed by atoms with Crippen molar-refractivity contribution in [2.45, 2.75) is 6.61 Å². The summed E-state index contributed by atoms with van der Waals surface area (Å²) >= 11 is 3.15. The van der Waals surface area contributed by atoms with E-state index in [1.54, 1.807) is 24.3 Å². The van der Waals surface area contributed by atoms with Crippen LogP contribution in [0, 0.1) is 10.1 Å². The Morgan fingerprint density at radius 2 is 1.92 bits per heavy atom. The smallest absolute Gasteiger partial charge is 0.351 e. The van der Waals surface area contributed by atoms with Gasteiger partial charge >= 0.3 is 17.3 Å². The number of fused-ring (bicyclic) bond motifs is 1. The number of benzene rings is 2. The first kappa shape index (κ1) is 16.8. The first-order valence-corrected chi connectivity index (χ1v) is 7.88. The molecule has 8 heteroatoms. The minimum atomic E-state index is -0.990. The summed E-state index contributed by atoms with van der Waals surface area (Å²) in [5.74, 6) is -0.859. The summed E-state index contributed by atoms with van der Waals surface area (Å²) in [6.45, 7) is -0.00418. The number of nitrogens with zero attached hydrogens (tertiary/aromatic N) is 1. The molecule has 25 heavy (non-hydrogen) atoms. The van der Waals surface area contributed by atoms with Gasteiger partial charge in [-0.25, -0.2) is 9.59 Å². The maximum atomic E-state index is 12.2. The topological polar surface area (TPSA) is 99.7 Å². The summed E-state index contributed by atoms with van der Waals surface area (Å²) in [5.41, 5.74) is -1.12. The molecule has 0 N–H and O–H groups in total. The van der Waals surface area contributed by atoms with Crippen LogP contribution < -0.4 is 5.63 Å². The highest BCUT2D eigenvalue weighted by atomic mass is 79.9. The first-order valence-electron chi connectivity index (χ1n) is 7.08. The molecule has 0 aliphatic carbocycles. The van der Waals surface area contributed by atoms with Gasteiger partial charge in [0.1, 0.15) is 12.2 Å². The lowest BCUT2D eigenvalue weighted by Crippen LogP contribution is -2.16. The van der Waals surface area contributed by atoms with Gasteiger partial charge in [-0.15, -0.1) is 0 Å². The molecule has 0 saturated carbocycles. The molecule has 0 aliphatic rings. The average Bonchev–Trinajstić information content (AvgIpc) is 2.59. The Labute approximate surface area is 149 Å². The van der Waals surface area contributed by atoms with Gasteiger partial charge in [0.15, 0.2) is 0 Å². The van der Waals surface area contributed by atoms with Crippen LogP contribution in [0.25, 0.3) is 11.0 Å². The SMILES string of the molecule is O=C(OCc1ccccc1)c1cc2cc(Br)cc([N+](=O)[O-])c2oc1=O. The molecule has 1 heterocycles. The second-order valence-corrected chi connectivity index (χ2v) is 6.03. The van der Waals surface area contributed by atoms with E-state index in [0.717, 1.165) is 5.56 Å². The van der Waals surface area contributed by atoms with Crippen LogP contribution in [0.15, 0.2) is 62.2 Å². The first-order chi connectivity index (χ1) is 12.0. The Morgan fingerprint density at radius 1 is 1.20 bits per heavy atom. The molecular formula is C17H10BrNO6. The molecule has 0 spiro atoms. The Bertz CT molecular complexity index is 1030. The van der Waals surface area contributed by atoms with Crippen molar-refractivity contribution in [3.63, 3.8) is 0 Å². The standard InChI is InChI=1S/C17H10BrNO6/c18-12-6-11-7-13(16(20)24-9-10-4-2-1-3-5-10)17(21)25-15(11)14(8-12)19(22)23/h1-8H,9H2. The van der Waals surface area contributed by atoms with Gasteiger partial charge in [0, 0.05) is 15.9 Å². The maximum Gasteiger partial charge on any atom is 0.351 e. The molecule has 0 aliphatic heterocycles. The van der Waals surface area contributed by atoms with Crippen molar-refractivity contribution in [3.8, 4) is 0 Å². The second-order valence-electron chi connectivity index (χ2n) is 5.11. The van der Waals surface area contributed by atoms with Gasteiger partial charge in [-0.3, -0.25) is 10.1 Å². The number of nitro groups is 1. The molecule has 1 aromatic heterocycles. The third kappa shape index (κ3) is 3.58. The molecule has 0 saturated heterocycles. The third-order valence-corrected chi connectivity index (χ3v) is 3.86. The van der Waals surface area contributed by atoms with Crippen LogP contribution in [0.3, 0.4) is 0 Å². The number of ether oxygens (including phenoxy) is 1. The number of hydrogen-bond acceptors (Lipinski definition) is 6. The fourth-order valence-electron chi connectivity index (χ4n) is 2.26. The van der Waals surface area contributed by atoms with Crippen LogP contribution in [-0.2, 0) is 11.3 Å².